The summed E-state index contributed by atoms with van der Waals surface area (Å²) in [6, 6.07) is 60.3. The van der Waals surface area contributed by atoms with Crippen molar-refractivity contribution in [3.05, 3.63) is 241 Å². The summed E-state index contributed by atoms with van der Waals surface area (Å²) in [6.45, 7) is 10.7. The molecule has 1 unspecified atom stereocenters. The van der Waals surface area contributed by atoms with E-state index in [-0.39, 0.29) is 6.04 Å². The van der Waals surface area contributed by atoms with Crippen LogP contribution in [0.25, 0.3) is 60.1 Å². The molecule has 0 saturated carbocycles. The summed E-state index contributed by atoms with van der Waals surface area (Å²) < 4.78 is 3.57. The van der Waals surface area contributed by atoms with Crippen LogP contribution in [0.2, 0.25) is 0 Å². The van der Waals surface area contributed by atoms with E-state index >= 15 is 0 Å². The molecule has 2 aliphatic carbocycles. The van der Waals surface area contributed by atoms with Gasteiger partial charge in [0.05, 0.1) is 39.5 Å². The van der Waals surface area contributed by atoms with Crippen LogP contribution in [0, 0.1) is 0 Å². The Balaban J connectivity index is 0.000000278. The molecule has 1 atom stereocenters. The zero-order chi connectivity index (χ0) is 45.5. The van der Waals surface area contributed by atoms with Crippen LogP contribution >= 0.6 is 11.3 Å². The first-order valence-corrected chi connectivity index (χ1v) is 23.7. The molecule has 0 spiro atoms. The van der Waals surface area contributed by atoms with E-state index in [4.69, 9.17) is 4.98 Å². The van der Waals surface area contributed by atoms with Gasteiger partial charge in [0.1, 0.15) is 5.01 Å². The van der Waals surface area contributed by atoms with Crippen molar-refractivity contribution >= 4 is 78.4 Å². The number of benzene rings is 7. The Morgan fingerprint density at radius 1 is 0.716 bits per heavy atom. The Bertz CT molecular complexity index is 3390. The summed E-state index contributed by atoms with van der Waals surface area (Å²) in [6.07, 6.45) is 18.7. The number of thiazole rings is 1. The van der Waals surface area contributed by atoms with Crippen molar-refractivity contribution in [1.82, 2.24) is 9.55 Å². The Kier molecular flexibility index (Phi) is 12.6. The van der Waals surface area contributed by atoms with Crippen molar-refractivity contribution in [3.8, 4) is 16.8 Å². The highest BCUT2D eigenvalue weighted by molar-refractivity contribution is 7.20. The fourth-order valence-corrected chi connectivity index (χ4v) is 10.1. The fraction of sp³-hybridized carbons (Fsp3) is 0.0984. The number of aromatic nitrogens is 2. The fourth-order valence-electron chi connectivity index (χ4n) is 9.00. The average molecular weight is 886 g/mol. The van der Waals surface area contributed by atoms with Gasteiger partial charge in [-0.15, -0.1) is 11.3 Å². The van der Waals surface area contributed by atoms with Crippen LogP contribution in [0.3, 0.4) is 0 Å². The number of para-hydroxylation sites is 1. The standard InChI is InChI=1S/C46H36N4S.C15H15N/c1-31(47-2)34-15-12-20-39(29-34)50-43-28-23-35(30-41(43)40-26-27-42-45(44(40)50)51-46(48-42)33-13-6-3-7-14-33)32-21-24-38(25-22-32)49(36-16-8-4-9-17-36)37-18-10-5-11-19-37;1-13(15-10-6-3-7-11-15)16-12-14-8-4-2-5-9-14/h4-6,8-18,20-30,37H,1-3,7,19H2;2-11H,12H2,1H3. The number of hydrogen-bond acceptors (Lipinski definition) is 5. The topological polar surface area (TPSA) is 45.8 Å². The van der Waals surface area contributed by atoms with Crippen LogP contribution in [0.4, 0.5) is 11.4 Å². The Hall–Kier alpha value is -7.93. The number of nitrogens with zero attached hydrogens (tertiary/aromatic N) is 5. The number of aliphatic imine (C=N–C) groups is 2. The molecule has 2 aliphatic rings. The highest BCUT2D eigenvalue weighted by atomic mass is 32.1. The molecule has 326 valence electrons. The third-order valence-electron chi connectivity index (χ3n) is 12.5. The van der Waals surface area contributed by atoms with Crippen molar-refractivity contribution in [1.29, 1.82) is 0 Å². The Labute approximate surface area is 397 Å². The monoisotopic (exact) mass is 885 g/mol. The Morgan fingerprint density at radius 2 is 1.45 bits per heavy atom. The number of rotatable bonds is 11. The largest absolute Gasteiger partial charge is 0.334 e. The third kappa shape index (κ3) is 9.17. The van der Waals surface area contributed by atoms with Crippen LogP contribution in [0.1, 0.15) is 47.9 Å². The lowest BCUT2D eigenvalue weighted by atomic mass is 10.0. The van der Waals surface area contributed by atoms with Gasteiger partial charge in [0, 0.05) is 44.7 Å². The molecule has 2 aromatic heterocycles. The van der Waals surface area contributed by atoms with E-state index in [9.17, 15) is 0 Å². The molecule has 0 fully saturated rings. The maximum atomic E-state index is 5.13. The lowest BCUT2D eigenvalue weighted by Gasteiger charge is -2.32. The minimum absolute atomic E-state index is 0.262. The summed E-state index contributed by atoms with van der Waals surface area (Å²) in [7, 11) is 0. The molecule has 0 aliphatic heterocycles. The number of anilines is 2. The van der Waals surface area contributed by atoms with Gasteiger partial charge in [-0.3, -0.25) is 9.98 Å². The normalized spacial score (nSPS) is 14.5. The third-order valence-corrected chi connectivity index (χ3v) is 13.6. The van der Waals surface area contributed by atoms with Crippen molar-refractivity contribution < 1.29 is 0 Å². The zero-order valence-electron chi connectivity index (χ0n) is 37.7. The van der Waals surface area contributed by atoms with E-state index in [0.717, 1.165) is 58.8 Å². The van der Waals surface area contributed by atoms with Gasteiger partial charge in [0.25, 0.3) is 0 Å². The Morgan fingerprint density at radius 3 is 2.18 bits per heavy atom. The van der Waals surface area contributed by atoms with Gasteiger partial charge < -0.3 is 9.47 Å². The number of allylic oxidation sites excluding steroid dienone is 6. The van der Waals surface area contributed by atoms with Gasteiger partial charge in [-0.2, -0.15) is 0 Å². The van der Waals surface area contributed by atoms with Gasteiger partial charge in [0.15, 0.2) is 0 Å². The van der Waals surface area contributed by atoms with Crippen LogP contribution in [-0.2, 0) is 6.54 Å². The van der Waals surface area contributed by atoms with E-state index in [1.807, 2.05) is 42.5 Å². The second-order valence-electron chi connectivity index (χ2n) is 16.8. The van der Waals surface area contributed by atoms with E-state index < -0.39 is 0 Å². The van der Waals surface area contributed by atoms with E-state index in [1.165, 1.54) is 60.2 Å². The first-order valence-electron chi connectivity index (χ1n) is 22.9. The van der Waals surface area contributed by atoms with Gasteiger partial charge in [-0.05, 0) is 116 Å². The number of fused-ring (bicyclic) bond motifs is 5. The minimum atomic E-state index is 0.262. The van der Waals surface area contributed by atoms with Crippen molar-refractivity contribution in [2.24, 2.45) is 9.98 Å². The molecular weight excluding hydrogens is 835 g/mol. The molecule has 5 nitrogen and oxygen atoms in total. The molecule has 0 radical (unpaired) electrons. The predicted octanol–water partition coefficient (Wildman–Crippen LogP) is 16.2. The van der Waals surface area contributed by atoms with Crippen LogP contribution in [0.15, 0.2) is 229 Å². The van der Waals surface area contributed by atoms with Crippen LogP contribution in [-0.4, -0.2) is 28.0 Å². The molecule has 67 heavy (non-hydrogen) atoms. The summed E-state index contributed by atoms with van der Waals surface area (Å²) in [5, 5.41) is 3.47. The molecule has 9 aromatic rings. The molecule has 0 bridgehead atoms. The smallest absolute Gasteiger partial charge is 0.124 e. The maximum Gasteiger partial charge on any atom is 0.124 e. The first-order chi connectivity index (χ1) is 33.0. The van der Waals surface area contributed by atoms with Gasteiger partial charge in [-0.1, -0.05) is 158 Å². The maximum absolute atomic E-state index is 5.13. The first kappa shape index (κ1) is 43.0. The minimum Gasteiger partial charge on any atom is -0.334 e. The SMILES string of the molecule is C=NC(=C)c1cccc(-n2c3ccc(-c4ccc(N(c5ccccc5)C5C=CC=CC5)cc4)cc3c3ccc4nc(C5=CCCC=C5)sc4c32)c1.CC(=NCc1ccccc1)c1ccccc1. The lowest BCUT2D eigenvalue weighted by molar-refractivity contribution is 0.785. The van der Waals surface area contributed by atoms with E-state index in [1.54, 1.807) is 11.3 Å². The van der Waals surface area contributed by atoms with Crippen LogP contribution in [0.5, 0.6) is 0 Å². The molecule has 0 amide bonds. The molecule has 0 N–H and O–H groups in total. The van der Waals surface area contributed by atoms with Crippen molar-refractivity contribution in [2.45, 2.75) is 38.8 Å². The van der Waals surface area contributed by atoms with Crippen molar-refractivity contribution in [2.75, 3.05) is 4.90 Å². The number of hydrogen-bond donors (Lipinski definition) is 0. The summed E-state index contributed by atoms with van der Waals surface area (Å²) >= 11 is 1.78. The lowest BCUT2D eigenvalue weighted by Crippen LogP contribution is -2.29. The van der Waals surface area contributed by atoms with Gasteiger partial charge in [-0.25, -0.2) is 4.98 Å². The zero-order valence-corrected chi connectivity index (χ0v) is 38.5. The van der Waals surface area contributed by atoms with Crippen LogP contribution < -0.4 is 4.90 Å². The average Bonchev–Trinajstić information content (AvgIpc) is 3.99. The predicted molar refractivity (Wildman–Crippen MR) is 288 cm³/mol. The van der Waals surface area contributed by atoms with E-state index in [0.29, 0.717) is 5.70 Å². The second kappa shape index (κ2) is 19.7. The second-order valence-corrected chi connectivity index (χ2v) is 17.8. The van der Waals surface area contributed by atoms with Gasteiger partial charge >= 0.3 is 0 Å². The van der Waals surface area contributed by atoms with Crippen molar-refractivity contribution in [3.63, 3.8) is 0 Å². The summed E-state index contributed by atoms with van der Waals surface area (Å²) in [5.41, 5.74) is 15.5. The molecular formula is C61H51N5S. The van der Waals surface area contributed by atoms with Gasteiger partial charge in [0.2, 0.25) is 0 Å². The molecule has 6 heteroatoms. The highest BCUT2D eigenvalue weighted by Gasteiger charge is 2.21. The summed E-state index contributed by atoms with van der Waals surface area (Å²) in [4.78, 5) is 16.3. The molecule has 7 aromatic carbocycles. The molecule has 11 rings (SSSR count). The summed E-state index contributed by atoms with van der Waals surface area (Å²) in [5.74, 6) is 0. The molecule has 2 heterocycles. The quantitative estimate of drug-likeness (QED) is 0.122. The molecule has 0 saturated heterocycles. The van der Waals surface area contributed by atoms with E-state index in [2.05, 4.69) is 210 Å². The highest BCUT2D eigenvalue weighted by Crippen LogP contribution is 2.42.